The van der Waals surface area contributed by atoms with Crippen LogP contribution in [0.15, 0.2) is 0 Å². The molecular formula is C11H17NO4. The topological polar surface area (TPSA) is 75.6 Å². The summed E-state index contributed by atoms with van der Waals surface area (Å²) in [5, 5.41) is 11.7. The Balaban J connectivity index is 1.78. The van der Waals surface area contributed by atoms with Crippen LogP contribution >= 0.6 is 0 Å². The van der Waals surface area contributed by atoms with Crippen LogP contribution in [-0.4, -0.2) is 35.7 Å². The van der Waals surface area contributed by atoms with Crippen molar-refractivity contribution in [1.29, 1.82) is 0 Å². The molecule has 5 nitrogen and oxygen atoms in total. The molecule has 1 heterocycles. The van der Waals surface area contributed by atoms with Gasteiger partial charge in [-0.15, -0.1) is 0 Å². The molecule has 5 heteroatoms. The SMILES string of the molecule is O=C(N[C@@H]1CC[C@H](C(=O)O)C1)C1CCCO1. The molecule has 2 N–H and O–H groups in total. The van der Waals surface area contributed by atoms with Crippen LogP contribution in [0, 0.1) is 5.92 Å². The van der Waals surface area contributed by atoms with E-state index in [1.54, 1.807) is 0 Å². The van der Waals surface area contributed by atoms with E-state index in [1.165, 1.54) is 0 Å². The van der Waals surface area contributed by atoms with Crippen LogP contribution < -0.4 is 5.32 Å². The Morgan fingerprint density at radius 2 is 2.06 bits per heavy atom. The summed E-state index contributed by atoms with van der Waals surface area (Å²) in [5.74, 6) is -1.13. The lowest BCUT2D eigenvalue weighted by Crippen LogP contribution is -2.40. The Morgan fingerprint density at radius 1 is 1.25 bits per heavy atom. The second-order valence-corrected chi connectivity index (χ2v) is 4.56. The number of ether oxygens (including phenoxy) is 1. The zero-order valence-electron chi connectivity index (χ0n) is 9.15. The maximum absolute atomic E-state index is 11.7. The smallest absolute Gasteiger partial charge is 0.306 e. The third-order valence-electron chi connectivity index (χ3n) is 3.35. The number of carbonyl (C=O) groups is 2. The van der Waals surface area contributed by atoms with Crippen molar-refractivity contribution < 1.29 is 19.4 Å². The van der Waals surface area contributed by atoms with Gasteiger partial charge in [0.2, 0.25) is 5.91 Å². The molecule has 90 valence electrons. The second kappa shape index (κ2) is 4.82. The molecule has 1 saturated heterocycles. The monoisotopic (exact) mass is 227 g/mol. The lowest BCUT2D eigenvalue weighted by Gasteiger charge is -2.15. The highest BCUT2D eigenvalue weighted by Crippen LogP contribution is 2.26. The summed E-state index contributed by atoms with van der Waals surface area (Å²) < 4.78 is 5.27. The Labute approximate surface area is 94.2 Å². The largest absolute Gasteiger partial charge is 0.481 e. The summed E-state index contributed by atoms with van der Waals surface area (Å²) in [7, 11) is 0. The highest BCUT2D eigenvalue weighted by molar-refractivity contribution is 5.81. The van der Waals surface area contributed by atoms with Crippen LogP contribution in [0.5, 0.6) is 0 Å². The second-order valence-electron chi connectivity index (χ2n) is 4.56. The average molecular weight is 227 g/mol. The number of aliphatic carboxylic acids is 1. The minimum atomic E-state index is -0.756. The summed E-state index contributed by atoms with van der Waals surface area (Å²) in [6.45, 7) is 0.653. The molecule has 0 aromatic heterocycles. The minimum Gasteiger partial charge on any atom is -0.481 e. The van der Waals surface area contributed by atoms with E-state index in [1.807, 2.05) is 0 Å². The number of carboxylic acids is 1. The molecule has 0 aromatic carbocycles. The molecule has 2 rings (SSSR count). The first-order valence-corrected chi connectivity index (χ1v) is 5.81. The number of rotatable bonds is 3. The number of nitrogens with one attached hydrogen (secondary N) is 1. The predicted octanol–water partition coefficient (Wildman–Crippen LogP) is 0.535. The van der Waals surface area contributed by atoms with Crippen LogP contribution in [0.4, 0.5) is 0 Å². The minimum absolute atomic E-state index is 0.0119. The fourth-order valence-corrected chi connectivity index (χ4v) is 2.42. The first-order valence-electron chi connectivity index (χ1n) is 5.81. The summed E-state index contributed by atoms with van der Waals surface area (Å²) >= 11 is 0. The highest BCUT2D eigenvalue weighted by atomic mass is 16.5. The number of carboxylic acid groups (broad SMARTS) is 1. The van der Waals surface area contributed by atoms with Gasteiger partial charge in [0.25, 0.3) is 0 Å². The Morgan fingerprint density at radius 3 is 2.62 bits per heavy atom. The zero-order valence-corrected chi connectivity index (χ0v) is 9.15. The van der Waals surface area contributed by atoms with Gasteiger partial charge in [-0.1, -0.05) is 0 Å². The fraction of sp³-hybridized carbons (Fsp3) is 0.818. The third kappa shape index (κ3) is 2.52. The Bertz CT molecular complexity index is 286. The third-order valence-corrected chi connectivity index (χ3v) is 3.35. The molecule has 16 heavy (non-hydrogen) atoms. The van der Waals surface area contributed by atoms with Crippen molar-refractivity contribution in [2.24, 2.45) is 5.92 Å². The van der Waals surface area contributed by atoms with Gasteiger partial charge in [0.05, 0.1) is 5.92 Å². The molecule has 2 aliphatic rings. The first kappa shape index (κ1) is 11.4. The molecule has 0 radical (unpaired) electrons. The number of amides is 1. The van der Waals surface area contributed by atoms with Crippen molar-refractivity contribution in [2.45, 2.75) is 44.2 Å². The molecule has 1 saturated carbocycles. The lowest BCUT2D eigenvalue weighted by molar-refractivity contribution is -0.141. The molecule has 0 aromatic rings. The maximum Gasteiger partial charge on any atom is 0.306 e. The summed E-state index contributed by atoms with van der Waals surface area (Å²) in [4.78, 5) is 22.4. The summed E-state index contributed by atoms with van der Waals surface area (Å²) in [6.07, 6.45) is 3.36. The molecule has 1 unspecified atom stereocenters. The van der Waals surface area contributed by atoms with Gasteiger partial charge >= 0.3 is 5.97 Å². The first-order chi connectivity index (χ1) is 7.66. The van der Waals surface area contributed by atoms with Crippen LogP contribution in [0.25, 0.3) is 0 Å². The van der Waals surface area contributed by atoms with E-state index in [2.05, 4.69) is 5.32 Å². The lowest BCUT2D eigenvalue weighted by atomic mass is 10.1. The van der Waals surface area contributed by atoms with E-state index in [0.29, 0.717) is 19.4 Å². The van der Waals surface area contributed by atoms with Gasteiger partial charge in [0.1, 0.15) is 6.10 Å². The predicted molar refractivity (Wildman–Crippen MR) is 55.9 cm³/mol. The maximum atomic E-state index is 11.7. The van der Waals surface area contributed by atoms with Gasteiger partial charge < -0.3 is 15.2 Å². The standard InChI is InChI=1S/C11H17NO4/c13-10(9-2-1-5-16-9)12-8-4-3-7(6-8)11(14)15/h7-9H,1-6H2,(H,12,13)(H,14,15)/t7-,8+,9?/m0/s1. The van der Waals surface area contributed by atoms with Crippen molar-refractivity contribution in [3.63, 3.8) is 0 Å². The average Bonchev–Trinajstić information content (AvgIpc) is 2.87. The normalized spacial score (nSPS) is 33.9. The summed E-state index contributed by atoms with van der Waals surface area (Å²) in [5.41, 5.74) is 0. The van der Waals surface area contributed by atoms with Crippen molar-refractivity contribution in [3.8, 4) is 0 Å². The molecular weight excluding hydrogens is 210 g/mol. The molecule has 1 amide bonds. The van der Waals surface area contributed by atoms with Crippen LogP contribution in [0.1, 0.15) is 32.1 Å². The molecule has 0 bridgehead atoms. The highest BCUT2D eigenvalue weighted by Gasteiger charge is 2.32. The van der Waals surface area contributed by atoms with Gasteiger partial charge in [0.15, 0.2) is 0 Å². The van der Waals surface area contributed by atoms with Gasteiger partial charge in [0, 0.05) is 12.6 Å². The van der Waals surface area contributed by atoms with Crippen molar-refractivity contribution in [2.75, 3.05) is 6.61 Å². The molecule has 2 fully saturated rings. The van der Waals surface area contributed by atoms with Gasteiger partial charge in [-0.25, -0.2) is 0 Å². The molecule has 1 aliphatic heterocycles. The van der Waals surface area contributed by atoms with E-state index < -0.39 is 5.97 Å². The van der Waals surface area contributed by atoms with Gasteiger partial charge in [-0.3, -0.25) is 9.59 Å². The molecule has 1 aliphatic carbocycles. The van der Waals surface area contributed by atoms with Gasteiger partial charge in [-0.05, 0) is 32.1 Å². The fourth-order valence-electron chi connectivity index (χ4n) is 2.42. The summed E-state index contributed by atoms with van der Waals surface area (Å²) in [6, 6.07) is 0.0119. The number of hydrogen-bond donors (Lipinski definition) is 2. The van der Waals surface area contributed by atoms with Gasteiger partial charge in [-0.2, -0.15) is 0 Å². The van der Waals surface area contributed by atoms with E-state index in [-0.39, 0.29) is 24.0 Å². The van der Waals surface area contributed by atoms with Crippen LogP contribution in [0.2, 0.25) is 0 Å². The van der Waals surface area contributed by atoms with E-state index >= 15 is 0 Å². The van der Waals surface area contributed by atoms with Crippen LogP contribution in [-0.2, 0) is 14.3 Å². The number of hydrogen-bond acceptors (Lipinski definition) is 3. The van der Waals surface area contributed by atoms with Crippen molar-refractivity contribution >= 4 is 11.9 Å². The Kier molecular flexibility index (Phi) is 3.43. The van der Waals surface area contributed by atoms with E-state index in [9.17, 15) is 9.59 Å². The van der Waals surface area contributed by atoms with E-state index in [4.69, 9.17) is 9.84 Å². The quantitative estimate of drug-likeness (QED) is 0.737. The molecule has 0 spiro atoms. The van der Waals surface area contributed by atoms with Crippen molar-refractivity contribution in [1.82, 2.24) is 5.32 Å². The molecule has 3 atom stereocenters. The van der Waals surface area contributed by atoms with Crippen LogP contribution in [0.3, 0.4) is 0 Å². The number of carbonyl (C=O) groups excluding carboxylic acids is 1. The van der Waals surface area contributed by atoms with Crippen molar-refractivity contribution in [3.05, 3.63) is 0 Å². The zero-order chi connectivity index (χ0) is 11.5. The van der Waals surface area contributed by atoms with E-state index in [0.717, 1.165) is 19.3 Å². The Hall–Kier alpha value is -1.10.